The van der Waals surface area contributed by atoms with Crippen LogP contribution in [0.15, 0.2) is 24.3 Å². The number of nitrogens with two attached hydrogens (primary N) is 1. The van der Waals surface area contributed by atoms with Crippen molar-refractivity contribution in [1.82, 2.24) is 0 Å². The largest absolute Gasteiger partial charge is 0.330 e. The van der Waals surface area contributed by atoms with Crippen molar-refractivity contribution in [3.8, 4) is 0 Å². The van der Waals surface area contributed by atoms with Gasteiger partial charge in [0.25, 0.3) is 0 Å². The van der Waals surface area contributed by atoms with Crippen molar-refractivity contribution in [1.29, 1.82) is 0 Å². The highest BCUT2D eigenvalue weighted by Crippen LogP contribution is 2.06. The van der Waals surface area contributed by atoms with E-state index >= 15 is 0 Å². The Kier molecular flexibility index (Phi) is 3.81. The molecule has 0 bridgehead atoms. The van der Waals surface area contributed by atoms with Crippen LogP contribution in [0.2, 0.25) is 0 Å². The summed E-state index contributed by atoms with van der Waals surface area (Å²) < 4.78 is 0. The zero-order valence-corrected chi connectivity index (χ0v) is 7.72. The van der Waals surface area contributed by atoms with Crippen LogP contribution in [0.4, 0.5) is 0 Å². The van der Waals surface area contributed by atoms with Crippen LogP contribution in [0.3, 0.4) is 0 Å². The van der Waals surface area contributed by atoms with Gasteiger partial charge >= 0.3 is 0 Å². The monoisotopic (exact) mass is 163 g/mol. The Morgan fingerprint density at radius 2 is 1.75 bits per heavy atom. The summed E-state index contributed by atoms with van der Waals surface area (Å²) >= 11 is 0. The van der Waals surface area contributed by atoms with Gasteiger partial charge in [-0.3, -0.25) is 0 Å². The molecular formula is C11H17N. The first kappa shape index (κ1) is 9.27. The van der Waals surface area contributed by atoms with E-state index in [1.54, 1.807) is 0 Å². The van der Waals surface area contributed by atoms with Gasteiger partial charge in [0, 0.05) is 0 Å². The summed E-state index contributed by atoms with van der Waals surface area (Å²) in [6.45, 7) is 2.93. The Bertz CT molecular complexity index is 213. The van der Waals surface area contributed by atoms with E-state index in [2.05, 4.69) is 31.2 Å². The van der Waals surface area contributed by atoms with Crippen molar-refractivity contribution < 1.29 is 0 Å². The number of hydrogen-bond acceptors (Lipinski definition) is 1. The molecule has 0 atom stereocenters. The first-order valence-corrected chi connectivity index (χ1v) is 4.58. The van der Waals surface area contributed by atoms with Crippen LogP contribution < -0.4 is 5.73 Å². The molecule has 2 N–H and O–H groups in total. The Morgan fingerprint density at radius 3 is 2.33 bits per heavy atom. The van der Waals surface area contributed by atoms with Crippen molar-refractivity contribution in [3.05, 3.63) is 35.4 Å². The second kappa shape index (κ2) is 4.94. The van der Waals surface area contributed by atoms with E-state index in [1.807, 2.05) is 0 Å². The lowest BCUT2D eigenvalue weighted by Crippen LogP contribution is -1.98. The van der Waals surface area contributed by atoms with Crippen LogP contribution >= 0.6 is 0 Å². The molecule has 0 fully saturated rings. The van der Waals surface area contributed by atoms with Crippen molar-refractivity contribution in [3.63, 3.8) is 0 Å². The number of hydrogen-bond donors (Lipinski definition) is 1. The molecule has 12 heavy (non-hydrogen) atoms. The Labute approximate surface area is 74.6 Å². The smallest absolute Gasteiger partial charge is 0.00772 e. The van der Waals surface area contributed by atoms with E-state index in [-0.39, 0.29) is 0 Å². The van der Waals surface area contributed by atoms with Crippen LogP contribution in [0.1, 0.15) is 24.0 Å². The van der Waals surface area contributed by atoms with Gasteiger partial charge in [0.1, 0.15) is 0 Å². The summed E-state index contributed by atoms with van der Waals surface area (Å²) in [5.74, 6) is 0. The zero-order chi connectivity index (χ0) is 8.81. The fourth-order valence-electron chi connectivity index (χ4n) is 1.23. The lowest BCUT2D eigenvalue weighted by Gasteiger charge is -2.00. The van der Waals surface area contributed by atoms with E-state index in [1.165, 1.54) is 17.5 Å². The average molecular weight is 163 g/mol. The molecule has 0 unspecified atom stereocenters. The van der Waals surface area contributed by atoms with Crippen LogP contribution in [0.5, 0.6) is 0 Å². The number of benzene rings is 1. The van der Waals surface area contributed by atoms with Crippen molar-refractivity contribution in [2.75, 3.05) is 6.54 Å². The van der Waals surface area contributed by atoms with E-state index in [0.717, 1.165) is 19.4 Å². The van der Waals surface area contributed by atoms with Gasteiger partial charge in [-0.2, -0.15) is 0 Å². The summed E-state index contributed by atoms with van der Waals surface area (Å²) in [4.78, 5) is 0. The standard InChI is InChI=1S/C11H17N/c1-10-5-7-11(8-6-10)4-2-3-9-12/h5-8H,2-4,9,12H2,1H3. The Balaban J connectivity index is 2.37. The molecule has 0 aliphatic carbocycles. The van der Waals surface area contributed by atoms with Crippen molar-refractivity contribution in [2.24, 2.45) is 5.73 Å². The first-order valence-electron chi connectivity index (χ1n) is 4.58. The van der Waals surface area contributed by atoms with E-state index in [9.17, 15) is 0 Å². The molecule has 0 saturated heterocycles. The van der Waals surface area contributed by atoms with Crippen LogP contribution in [0, 0.1) is 6.92 Å². The van der Waals surface area contributed by atoms with E-state index in [0.29, 0.717) is 0 Å². The van der Waals surface area contributed by atoms with Gasteiger partial charge in [0.05, 0.1) is 0 Å². The van der Waals surface area contributed by atoms with Gasteiger partial charge in [-0.15, -0.1) is 0 Å². The summed E-state index contributed by atoms with van der Waals surface area (Å²) in [6, 6.07) is 8.73. The second-order valence-corrected chi connectivity index (χ2v) is 3.23. The SMILES string of the molecule is Cc1ccc(CCCCN)cc1. The molecule has 0 aliphatic rings. The minimum atomic E-state index is 0.811. The van der Waals surface area contributed by atoms with Gasteiger partial charge in [0.15, 0.2) is 0 Å². The summed E-state index contributed by atoms with van der Waals surface area (Å²) in [5.41, 5.74) is 8.17. The summed E-state index contributed by atoms with van der Waals surface area (Å²) in [7, 11) is 0. The summed E-state index contributed by atoms with van der Waals surface area (Å²) in [5, 5.41) is 0. The van der Waals surface area contributed by atoms with Crippen LogP contribution in [0.25, 0.3) is 0 Å². The minimum Gasteiger partial charge on any atom is -0.330 e. The molecular weight excluding hydrogens is 146 g/mol. The average Bonchev–Trinajstić information content (AvgIpc) is 2.09. The zero-order valence-electron chi connectivity index (χ0n) is 7.72. The quantitative estimate of drug-likeness (QED) is 0.677. The van der Waals surface area contributed by atoms with E-state index in [4.69, 9.17) is 5.73 Å². The molecule has 0 saturated carbocycles. The van der Waals surface area contributed by atoms with Crippen molar-refractivity contribution >= 4 is 0 Å². The number of aryl methyl sites for hydroxylation is 2. The summed E-state index contributed by atoms with van der Waals surface area (Å²) in [6.07, 6.45) is 3.50. The minimum absolute atomic E-state index is 0.811. The second-order valence-electron chi connectivity index (χ2n) is 3.23. The maximum absolute atomic E-state index is 5.42. The molecule has 0 aliphatic heterocycles. The van der Waals surface area contributed by atoms with Gasteiger partial charge in [-0.1, -0.05) is 29.8 Å². The fraction of sp³-hybridized carbons (Fsp3) is 0.455. The van der Waals surface area contributed by atoms with Crippen LogP contribution in [-0.2, 0) is 6.42 Å². The van der Waals surface area contributed by atoms with E-state index < -0.39 is 0 Å². The molecule has 66 valence electrons. The van der Waals surface area contributed by atoms with Crippen molar-refractivity contribution in [2.45, 2.75) is 26.2 Å². The molecule has 0 spiro atoms. The lowest BCUT2D eigenvalue weighted by molar-refractivity contribution is 0.745. The molecule has 1 aromatic rings. The molecule has 0 amide bonds. The Hall–Kier alpha value is -0.820. The molecule has 1 heteroatoms. The fourth-order valence-corrected chi connectivity index (χ4v) is 1.23. The van der Waals surface area contributed by atoms with Gasteiger partial charge in [-0.25, -0.2) is 0 Å². The normalized spacial score (nSPS) is 10.2. The maximum atomic E-state index is 5.42. The van der Waals surface area contributed by atoms with Crippen LogP contribution in [-0.4, -0.2) is 6.54 Å². The molecule has 0 heterocycles. The predicted molar refractivity (Wildman–Crippen MR) is 53.2 cm³/mol. The molecule has 1 aromatic carbocycles. The third kappa shape index (κ3) is 3.05. The third-order valence-electron chi connectivity index (χ3n) is 2.04. The number of rotatable bonds is 4. The molecule has 1 nitrogen and oxygen atoms in total. The molecule has 0 aromatic heterocycles. The number of unbranched alkanes of at least 4 members (excludes halogenated alkanes) is 1. The highest BCUT2D eigenvalue weighted by Gasteiger charge is 1.91. The first-order chi connectivity index (χ1) is 5.83. The molecule has 0 radical (unpaired) electrons. The Morgan fingerprint density at radius 1 is 1.08 bits per heavy atom. The molecule has 1 rings (SSSR count). The maximum Gasteiger partial charge on any atom is -0.00772 e. The third-order valence-corrected chi connectivity index (χ3v) is 2.04. The highest BCUT2D eigenvalue weighted by molar-refractivity contribution is 5.21. The highest BCUT2D eigenvalue weighted by atomic mass is 14.5. The predicted octanol–water partition coefficient (Wildman–Crippen LogP) is 2.28. The topological polar surface area (TPSA) is 26.0 Å². The van der Waals surface area contributed by atoms with Gasteiger partial charge in [-0.05, 0) is 38.3 Å². The van der Waals surface area contributed by atoms with Gasteiger partial charge < -0.3 is 5.73 Å². The lowest BCUT2D eigenvalue weighted by atomic mass is 10.1. The van der Waals surface area contributed by atoms with Gasteiger partial charge in [0.2, 0.25) is 0 Å².